The van der Waals surface area contributed by atoms with Crippen molar-refractivity contribution in [3.8, 4) is 5.82 Å². The van der Waals surface area contributed by atoms with Gasteiger partial charge in [0.1, 0.15) is 5.82 Å². The number of hydrogen-bond acceptors (Lipinski definition) is 4. The van der Waals surface area contributed by atoms with Crippen molar-refractivity contribution < 1.29 is 4.79 Å². The number of rotatable bonds is 4. The molecule has 0 radical (unpaired) electrons. The maximum absolute atomic E-state index is 12.5. The minimum atomic E-state index is -0.117. The number of carbonyl (C=O) groups is 1. The Morgan fingerprint density at radius 1 is 1.08 bits per heavy atom. The molecular weight excluding hydrogens is 326 g/mol. The first-order valence-electron chi connectivity index (χ1n) is 8.29. The zero-order valence-corrected chi connectivity index (χ0v) is 14.3. The summed E-state index contributed by atoms with van der Waals surface area (Å²) in [6.45, 7) is 1.89. The topological polar surface area (TPSA) is 72.7 Å². The van der Waals surface area contributed by atoms with Gasteiger partial charge in [-0.3, -0.25) is 14.3 Å². The maximum Gasteiger partial charge on any atom is 0.228 e. The van der Waals surface area contributed by atoms with Crippen LogP contribution in [-0.4, -0.2) is 25.4 Å². The number of pyridine rings is 2. The Hall–Kier alpha value is -3.54. The molecule has 6 nitrogen and oxygen atoms in total. The summed E-state index contributed by atoms with van der Waals surface area (Å²) >= 11 is 0. The van der Waals surface area contributed by atoms with E-state index in [0.29, 0.717) is 11.5 Å². The van der Waals surface area contributed by atoms with E-state index < -0.39 is 0 Å². The number of nitrogens with zero attached hydrogens (tertiary/aromatic N) is 4. The van der Waals surface area contributed by atoms with Gasteiger partial charge in [-0.05, 0) is 36.8 Å². The van der Waals surface area contributed by atoms with E-state index in [2.05, 4.69) is 20.3 Å². The molecular formula is C20H17N5O. The molecule has 0 fully saturated rings. The number of para-hydroxylation sites is 1. The van der Waals surface area contributed by atoms with E-state index in [1.54, 1.807) is 24.7 Å². The summed E-state index contributed by atoms with van der Waals surface area (Å²) in [6.07, 6.45) is 7.20. The molecule has 6 heteroatoms. The van der Waals surface area contributed by atoms with E-state index in [9.17, 15) is 4.79 Å². The third-order valence-electron chi connectivity index (χ3n) is 4.13. The molecule has 1 amide bonds. The lowest BCUT2D eigenvalue weighted by molar-refractivity contribution is -0.115. The van der Waals surface area contributed by atoms with Crippen LogP contribution in [0.4, 0.5) is 5.69 Å². The van der Waals surface area contributed by atoms with Crippen LogP contribution in [-0.2, 0) is 11.2 Å². The number of benzene rings is 1. The summed E-state index contributed by atoms with van der Waals surface area (Å²) in [4.78, 5) is 25.5. The van der Waals surface area contributed by atoms with E-state index in [1.165, 1.54) is 0 Å². The fourth-order valence-electron chi connectivity index (χ4n) is 2.88. The molecule has 3 aromatic heterocycles. The van der Waals surface area contributed by atoms with Gasteiger partial charge in [0.2, 0.25) is 5.91 Å². The van der Waals surface area contributed by atoms with E-state index in [4.69, 9.17) is 0 Å². The Balaban J connectivity index is 1.56. The minimum absolute atomic E-state index is 0.117. The average Bonchev–Trinajstić information content (AvgIpc) is 3.08. The normalized spacial score (nSPS) is 10.8. The molecule has 0 spiro atoms. The SMILES string of the molecule is Cc1nccn1-c1ncccc1NC(=O)Cc1cnc2ccccc2c1. The number of aryl methyl sites for hydroxylation is 1. The largest absolute Gasteiger partial charge is 0.323 e. The van der Waals surface area contributed by atoms with Crippen molar-refractivity contribution in [1.29, 1.82) is 0 Å². The Morgan fingerprint density at radius 3 is 2.81 bits per heavy atom. The first-order chi connectivity index (χ1) is 12.7. The number of imidazole rings is 1. The Kier molecular flexibility index (Phi) is 4.15. The van der Waals surface area contributed by atoms with Crippen LogP contribution in [0.5, 0.6) is 0 Å². The Bertz CT molecular complexity index is 1090. The molecule has 0 unspecified atom stereocenters. The maximum atomic E-state index is 12.5. The molecule has 0 atom stereocenters. The first kappa shape index (κ1) is 16.0. The predicted molar refractivity (Wildman–Crippen MR) is 100 cm³/mol. The monoisotopic (exact) mass is 343 g/mol. The van der Waals surface area contributed by atoms with Gasteiger partial charge in [-0.2, -0.15) is 0 Å². The van der Waals surface area contributed by atoms with Gasteiger partial charge in [-0.1, -0.05) is 18.2 Å². The van der Waals surface area contributed by atoms with Crippen molar-refractivity contribution in [1.82, 2.24) is 19.5 Å². The van der Waals surface area contributed by atoms with Crippen molar-refractivity contribution >= 4 is 22.5 Å². The number of anilines is 1. The summed E-state index contributed by atoms with van der Waals surface area (Å²) < 4.78 is 1.84. The van der Waals surface area contributed by atoms with Crippen molar-refractivity contribution in [3.05, 3.63) is 78.6 Å². The van der Waals surface area contributed by atoms with Crippen molar-refractivity contribution in [2.45, 2.75) is 13.3 Å². The van der Waals surface area contributed by atoms with Gasteiger partial charge in [0.25, 0.3) is 0 Å². The van der Waals surface area contributed by atoms with Crippen LogP contribution in [0.2, 0.25) is 0 Å². The lowest BCUT2D eigenvalue weighted by Crippen LogP contribution is -2.16. The summed E-state index contributed by atoms with van der Waals surface area (Å²) in [5.74, 6) is 1.33. The quantitative estimate of drug-likeness (QED) is 0.617. The molecule has 1 aromatic carbocycles. The lowest BCUT2D eigenvalue weighted by Gasteiger charge is -2.12. The van der Waals surface area contributed by atoms with Crippen LogP contribution in [0.1, 0.15) is 11.4 Å². The molecule has 0 aliphatic heterocycles. The second-order valence-corrected chi connectivity index (χ2v) is 5.98. The fraction of sp³-hybridized carbons (Fsp3) is 0.100. The van der Waals surface area contributed by atoms with E-state index in [-0.39, 0.29) is 12.3 Å². The standard InChI is InChI=1S/C20H17N5O/c1-14-21-9-10-25(14)20-18(7-4-8-22-20)24-19(26)12-15-11-16-5-2-3-6-17(16)23-13-15/h2-11,13H,12H2,1H3,(H,24,26). The summed E-state index contributed by atoms with van der Waals surface area (Å²) in [5.41, 5.74) is 2.43. The third-order valence-corrected chi connectivity index (χ3v) is 4.13. The highest BCUT2D eigenvalue weighted by Crippen LogP contribution is 2.19. The van der Waals surface area contributed by atoms with Crippen molar-refractivity contribution in [2.24, 2.45) is 0 Å². The smallest absolute Gasteiger partial charge is 0.228 e. The summed E-state index contributed by atoms with van der Waals surface area (Å²) in [7, 11) is 0. The van der Waals surface area contributed by atoms with Crippen LogP contribution in [0, 0.1) is 6.92 Å². The number of amides is 1. The molecule has 26 heavy (non-hydrogen) atoms. The third kappa shape index (κ3) is 3.17. The highest BCUT2D eigenvalue weighted by Gasteiger charge is 2.12. The zero-order chi connectivity index (χ0) is 17.9. The molecule has 128 valence electrons. The second-order valence-electron chi connectivity index (χ2n) is 5.98. The van der Waals surface area contributed by atoms with Crippen LogP contribution in [0.15, 0.2) is 67.3 Å². The molecule has 1 N–H and O–H groups in total. The fourth-order valence-corrected chi connectivity index (χ4v) is 2.88. The van der Waals surface area contributed by atoms with Crippen LogP contribution >= 0.6 is 0 Å². The van der Waals surface area contributed by atoms with E-state index in [0.717, 1.165) is 22.3 Å². The lowest BCUT2D eigenvalue weighted by atomic mass is 10.1. The zero-order valence-electron chi connectivity index (χ0n) is 14.3. The number of fused-ring (bicyclic) bond motifs is 1. The number of aromatic nitrogens is 4. The van der Waals surface area contributed by atoms with Gasteiger partial charge < -0.3 is 5.32 Å². The van der Waals surface area contributed by atoms with Gasteiger partial charge >= 0.3 is 0 Å². The molecule has 4 rings (SSSR count). The number of carbonyl (C=O) groups excluding carboxylic acids is 1. The predicted octanol–water partition coefficient (Wildman–Crippen LogP) is 3.31. The van der Waals surface area contributed by atoms with Crippen molar-refractivity contribution in [2.75, 3.05) is 5.32 Å². The average molecular weight is 343 g/mol. The van der Waals surface area contributed by atoms with E-state index in [1.807, 2.05) is 54.1 Å². The molecule has 0 saturated carbocycles. The van der Waals surface area contributed by atoms with Crippen molar-refractivity contribution in [3.63, 3.8) is 0 Å². The molecule has 0 bridgehead atoms. The van der Waals surface area contributed by atoms with Gasteiger partial charge in [0, 0.05) is 30.2 Å². The minimum Gasteiger partial charge on any atom is -0.323 e. The van der Waals surface area contributed by atoms with Crippen LogP contribution in [0.25, 0.3) is 16.7 Å². The highest BCUT2D eigenvalue weighted by atomic mass is 16.1. The van der Waals surface area contributed by atoms with Gasteiger partial charge in [0.05, 0.1) is 17.6 Å². The molecule has 0 aliphatic rings. The van der Waals surface area contributed by atoms with Gasteiger partial charge in [0.15, 0.2) is 5.82 Å². The molecule has 3 heterocycles. The van der Waals surface area contributed by atoms with Crippen LogP contribution < -0.4 is 5.32 Å². The van der Waals surface area contributed by atoms with Gasteiger partial charge in [-0.15, -0.1) is 0 Å². The number of hydrogen-bond donors (Lipinski definition) is 1. The summed E-state index contributed by atoms with van der Waals surface area (Å²) in [6, 6.07) is 13.5. The first-order valence-corrected chi connectivity index (χ1v) is 8.29. The highest BCUT2D eigenvalue weighted by molar-refractivity contribution is 5.94. The van der Waals surface area contributed by atoms with Gasteiger partial charge in [-0.25, -0.2) is 9.97 Å². The number of nitrogens with one attached hydrogen (secondary N) is 1. The molecule has 0 aliphatic carbocycles. The summed E-state index contributed by atoms with van der Waals surface area (Å²) in [5, 5.41) is 3.97. The van der Waals surface area contributed by atoms with Crippen LogP contribution in [0.3, 0.4) is 0 Å². The Labute approximate surface area is 150 Å². The second kappa shape index (κ2) is 6.76. The molecule has 4 aromatic rings. The molecule has 0 saturated heterocycles. The van der Waals surface area contributed by atoms with E-state index >= 15 is 0 Å². The Morgan fingerprint density at radius 2 is 1.96 bits per heavy atom.